The third kappa shape index (κ3) is 4.93. The first kappa shape index (κ1) is 19.9. The first-order chi connectivity index (χ1) is 13.8. The topological polar surface area (TPSA) is 87.5 Å². The summed E-state index contributed by atoms with van der Waals surface area (Å²) < 4.78 is 0. The van der Waals surface area contributed by atoms with E-state index in [2.05, 4.69) is 10.6 Å². The SMILES string of the molecule is Cc1ccc(NC(=O)c2cccc(N(C)C)c2)cc1NC(=O)c1cccc(N)c1. The number of nitrogens with zero attached hydrogens (tertiary/aromatic N) is 1. The first-order valence-corrected chi connectivity index (χ1v) is 9.20. The van der Waals surface area contributed by atoms with Crippen LogP contribution in [0.3, 0.4) is 0 Å². The normalized spacial score (nSPS) is 10.3. The van der Waals surface area contributed by atoms with Crippen LogP contribution in [0, 0.1) is 6.92 Å². The summed E-state index contributed by atoms with van der Waals surface area (Å²) in [4.78, 5) is 27.1. The van der Waals surface area contributed by atoms with E-state index in [4.69, 9.17) is 5.73 Å². The fraction of sp³-hybridized carbons (Fsp3) is 0.130. The Labute approximate surface area is 170 Å². The maximum Gasteiger partial charge on any atom is 0.255 e. The summed E-state index contributed by atoms with van der Waals surface area (Å²) in [5.41, 5.74) is 10.3. The maximum atomic E-state index is 12.6. The number of hydrogen-bond donors (Lipinski definition) is 3. The van der Waals surface area contributed by atoms with Gasteiger partial charge in [0.25, 0.3) is 11.8 Å². The van der Waals surface area contributed by atoms with Gasteiger partial charge in [0, 0.05) is 48.0 Å². The highest BCUT2D eigenvalue weighted by molar-refractivity contribution is 6.07. The van der Waals surface area contributed by atoms with Crippen LogP contribution in [0.25, 0.3) is 0 Å². The molecule has 0 aliphatic rings. The Hall–Kier alpha value is -3.80. The molecule has 0 aliphatic carbocycles. The fourth-order valence-electron chi connectivity index (χ4n) is 2.84. The van der Waals surface area contributed by atoms with Crippen LogP contribution >= 0.6 is 0 Å². The minimum Gasteiger partial charge on any atom is -0.399 e. The molecule has 0 saturated carbocycles. The monoisotopic (exact) mass is 388 g/mol. The number of anilines is 4. The van der Waals surface area contributed by atoms with Gasteiger partial charge in [0.05, 0.1) is 0 Å². The number of aryl methyl sites for hydroxylation is 1. The lowest BCUT2D eigenvalue weighted by atomic mass is 10.1. The quantitative estimate of drug-likeness (QED) is 0.573. The second-order valence-corrected chi connectivity index (χ2v) is 7.01. The van der Waals surface area contributed by atoms with Gasteiger partial charge in [-0.25, -0.2) is 0 Å². The molecule has 0 fully saturated rings. The van der Waals surface area contributed by atoms with Crippen LogP contribution in [-0.2, 0) is 0 Å². The van der Waals surface area contributed by atoms with Gasteiger partial charge in [-0.05, 0) is 61.0 Å². The highest BCUT2D eigenvalue weighted by Crippen LogP contribution is 2.22. The van der Waals surface area contributed by atoms with Crippen molar-refractivity contribution in [2.45, 2.75) is 6.92 Å². The molecule has 0 aliphatic heterocycles. The first-order valence-electron chi connectivity index (χ1n) is 9.20. The summed E-state index contributed by atoms with van der Waals surface area (Å²) >= 11 is 0. The van der Waals surface area contributed by atoms with Crippen molar-refractivity contribution in [2.24, 2.45) is 0 Å². The molecular weight excluding hydrogens is 364 g/mol. The average molecular weight is 388 g/mol. The molecule has 29 heavy (non-hydrogen) atoms. The minimum absolute atomic E-state index is 0.217. The van der Waals surface area contributed by atoms with Crippen molar-refractivity contribution in [1.29, 1.82) is 0 Å². The number of nitrogens with two attached hydrogens (primary N) is 1. The number of benzene rings is 3. The zero-order valence-electron chi connectivity index (χ0n) is 16.7. The highest BCUT2D eigenvalue weighted by Gasteiger charge is 2.11. The fourth-order valence-corrected chi connectivity index (χ4v) is 2.84. The molecule has 0 spiro atoms. The molecule has 0 unspecified atom stereocenters. The van der Waals surface area contributed by atoms with E-state index in [-0.39, 0.29) is 11.8 Å². The third-order valence-corrected chi connectivity index (χ3v) is 4.52. The van der Waals surface area contributed by atoms with E-state index in [0.29, 0.717) is 28.2 Å². The zero-order valence-corrected chi connectivity index (χ0v) is 16.7. The Bertz CT molecular complexity index is 1060. The molecule has 0 aromatic heterocycles. The van der Waals surface area contributed by atoms with Gasteiger partial charge >= 0.3 is 0 Å². The van der Waals surface area contributed by atoms with Crippen molar-refractivity contribution in [2.75, 3.05) is 35.4 Å². The lowest BCUT2D eigenvalue weighted by Crippen LogP contribution is -2.15. The van der Waals surface area contributed by atoms with Crippen LogP contribution in [0.2, 0.25) is 0 Å². The minimum atomic E-state index is -0.262. The molecule has 3 aromatic rings. The van der Waals surface area contributed by atoms with E-state index in [1.807, 2.05) is 50.2 Å². The zero-order chi connectivity index (χ0) is 21.0. The Morgan fingerprint density at radius 2 is 1.48 bits per heavy atom. The van der Waals surface area contributed by atoms with Gasteiger partial charge < -0.3 is 21.3 Å². The smallest absolute Gasteiger partial charge is 0.255 e. The van der Waals surface area contributed by atoms with Crippen LogP contribution in [0.1, 0.15) is 26.3 Å². The molecule has 6 heteroatoms. The van der Waals surface area contributed by atoms with Gasteiger partial charge in [-0.3, -0.25) is 9.59 Å². The van der Waals surface area contributed by atoms with Gasteiger partial charge in [-0.15, -0.1) is 0 Å². The number of nitrogen functional groups attached to an aromatic ring is 1. The van der Waals surface area contributed by atoms with Crippen molar-refractivity contribution in [3.05, 3.63) is 83.4 Å². The number of carbonyl (C=O) groups is 2. The van der Waals surface area contributed by atoms with E-state index in [0.717, 1.165) is 11.3 Å². The standard InChI is InChI=1S/C23H24N4O2/c1-15-10-11-19(25-22(28)17-7-5-9-20(13-17)27(2)3)14-21(15)26-23(29)16-6-4-8-18(24)12-16/h4-14H,24H2,1-3H3,(H,25,28)(H,26,29). The molecule has 0 saturated heterocycles. The molecule has 0 heterocycles. The molecule has 0 radical (unpaired) electrons. The lowest BCUT2D eigenvalue weighted by Gasteiger charge is -2.14. The molecule has 3 aromatic carbocycles. The summed E-state index contributed by atoms with van der Waals surface area (Å²) in [5, 5.41) is 5.76. The molecule has 148 valence electrons. The number of rotatable bonds is 5. The molecule has 0 atom stereocenters. The van der Waals surface area contributed by atoms with Crippen LogP contribution in [-0.4, -0.2) is 25.9 Å². The second kappa shape index (κ2) is 8.48. The average Bonchev–Trinajstić information content (AvgIpc) is 2.70. The summed E-state index contributed by atoms with van der Waals surface area (Å²) in [5.74, 6) is -0.478. The van der Waals surface area contributed by atoms with Gasteiger partial charge in [0.1, 0.15) is 0 Å². The number of carbonyl (C=O) groups excluding carboxylic acids is 2. The Balaban J connectivity index is 1.77. The molecule has 6 nitrogen and oxygen atoms in total. The van der Waals surface area contributed by atoms with E-state index >= 15 is 0 Å². The maximum absolute atomic E-state index is 12.6. The highest BCUT2D eigenvalue weighted by atomic mass is 16.2. The lowest BCUT2D eigenvalue weighted by molar-refractivity contribution is 0.101. The predicted octanol–water partition coefficient (Wildman–Crippen LogP) is 4.15. The summed E-state index contributed by atoms with van der Waals surface area (Å²) in [6, 6.07) is 19.5. The number of amides is 2. The Kier molecular flexibility index (Phi) is 5.83. The van der Waals surface area contributed by atoms with Crippen LogP contribution < -0.4 is 21.3 Å². The molecule has 4 N–H and O–H groups in total. The van der Waals surface area contributed by atoms with Crippen LogP contribution in [0.5, 0.6) is 0 Å². The van der Waals surface area contributed by atoms with Gasteiger partial charge in [0.2, 0.25) is 0 Å². The Morgan fingerprint density at radius 1 is 0.828 bits per heavy atom. The molecule has 0 bridgehead atoms. The van der Waals surface area contributed by atoms with E-state index in [1.54, 1.807) is 42.5 Å². The Morgan fingerprint density at radius 3 is 2.17 bits per heavy atom. The van der Waals surface area contributed by atoms with Crippen molar-refractivity contribution < 1.29 is 9.59 Å². The third-order valence-electron chi connectivity index (χ3n) is 4.52. The van der Waals surface area contributed by atoms with Crippen molar-refractivity contribution >= 4 is 34.6 Å². The van der Waals surface area contributed by atoms with Crippen molar-refractivity contribution in [3.8, 4) is 0 Å². The largest absolute Gasteiger partial charge is 0.399 e. The molecule has 2 amide bonds. The van der Waals surface area contributed by atoms with Crippen molar-refractivity contribution in [1.82, 2.24) is 0 Å². The van der Waals surface area contributed by atoms with Gasteiger partial charge in [-0.2, -0.15) is 0 Å². The molecular formula is C23H24N4O2. The van der Waals surface area contributed by atoms with Crippen LogP contribution in [0.4, 0.5) is 22.7 Å². The van der Waals surface area contributed by atoms with Crippen LogP contribution in [0.15, 0.2) is 66.7 Å². The summed E-state index contributed by atoms with van der Waals surface area (Å²) in [6.45, 7) is 1.89. The molecule has 3 rings (SSSR count). The van der Waals surface area contributed by atoms with E-state index < -0.39 is 0 Å². The van der Waals surface area contributed by atoms with Crippen molar-refractivity contribution in [3.63, 3.8) is 0 Å². The summed E-state index contributed by atoms with van der Waals surface area (Å²) in [7, 11) is 3.85. The number of nitrogens with one attached hydrogen (secondary N) is 2. The van der Waals surface area contributed by atoms with Gasteiger partial charge in [-0.1, -0.05) is 18.2 Å². The second-order valence-electron chi connectivity index (χ2n) is 7.01. The summed E-state index contributed by atoms with van der Waals surface area (Å²) in [6.07, 6.45) is 0. The number of hydrogen-bond acceptors (Lipinski definition) is 4. The van der Waals surface area contributed by atoms with E-state index in [1.165, 1.54) is 0 Å². The van der Waals surface area contributed by atoms with E-state index in [9.17, 15) is 9.59 Å². The van der Waals surface area contributed by atoms with Gasteiger partial charge in [0.15, 0.2) is 0 Å². The predicted molar refractivity (Wildman–Crippen MR) is 119 cm³/mol.